The fourth-order valence-corrected chi connectivity index (χ4v) is 3.16. The Morgan fingerprint density at radius 3 is 2.90 bits per heavy atom. The number of carbonyl (C=O) groups is 1. The second-order valence-electron chi connectivity index (χ2n) is 6.42. The molecular formula is C16H28N4O. The van der Waals surface area contributed by atoms with Gasteiger partial charge in [0.25, 0.3) is 0 Å². The smallest absolute Gasteiger partial charge is 0.223 e. The highest BCUT2D eigenvalue weighted by molar-refractivity contribution is 5.77. The van der Waals surface area contributed by atoms with Crippen LogP contribution in [-0.4, -0.2) is 33.2 Å². The molecule has 0 radical (unpaired) electrons. The van der Waals surface area contributed by atoms with Crippen molar-refractivity contribution in [2.45, 2.75) is 65.1 Å². The van der Waals surface area contributed by atoms with E-state index >= 15 is 0 Å². The minimum absolute atomic E-state index is 0.0116. The van der Waals surface area contributed by atoms with E-state index in [1.165, 1.54) is 0 Å². The van der Waals surface area contributed by atoms with Gasteiger partial charge in [-0.15, -0.1) is 0 Å². The van der Waals surface area contributed by atoms with Crippen LogP contribution in [0.4, 0.5) is 0 Å². The Balaban J connectivity index is 2.36. The van der Waals surface area contributed by atoms with E-state index in [-0.39, 0.29) is 18.0 Å². The van der Waals surface area contributed by atoms with E-state index in [1.54, 1.807) is 0 Å². The largest absolute Gasteiger partial charge is 0.332 e. The van der Waals surface area contributed by atoms with Crippen molar-refractivity contribution in [2.24, 2.45) is 11.7 Å². The Hall–Kier alpha value is -1.36. The van der Waals surface area contributed by atoms with Crippen LogP contribution in [0.1, 0.15) is 58.2 Å². The molecule has 2 N–H and O–H groups in total. The normalized spacial score (nSPS) is 23.7. The van der Waals surface area contributed by atoms with Gasteiger partial charge >= 0.3 is 0 Å². The van der Waals surface area contributed by atoms with Crippen LogP contribution in [0.3, 0.4) is 0 Å². The minimum atomic E-state index is -0.0450. The van der Waals surface area contributed by atoms with E-state index in [4.69, 9.17) is 5.73 Å². The highest BCUT2D eigenvalue weighted by Gasteiger charge is 2.34. The number of nitrogens with zero attached hydrogens (tertiary/aromatic N) is 3. The molecule has 118 valence electrons. The number of hydrogen-bond acceptors (Lipinski definition) is 3. The first kappa shape index (κ1) is 16.0. The maximum atomic E-state index is 12.5. The number of rotatable bonds is 5. The second-order valence-corrected chi connectivity index (χ2v) is 6.42. The Kier molecular flexibility index (Phi) is 5.39. The predicted octanol–water partition coefficient (Wildman–Crippen LogP) is 2.33. The minimum Gasteiger partial charge on any atom is -0.332 e. The number of carbonyl (C=O) groups excluding carboxylic acids is 1. The lowest BCUT2D eigenvalue weighted by molar-refractivity contribution is -0.134. The molecule has 5 heteroatoms. The molecule has 0 spiro atoms. The standard InChI is InChI=1S/C16H28N4O/c1-4-10-20-14(8-9-18-20)16-13(17)6-5-7-15(21)19(16)11-12(2)3/h8-9,12-13,16H,4-7,10-11,17H2,1-3H3. The van der Waals surface area contributed by atoms with Crippen molar-refractivity contribution in [1.29, 1.82) is 0 Å². The van der Waals surface area contributed by atoms with Crippen molar-refractivity contribution in [1.82, 2.24) is 14.7 Å². The van der Waals surface area contributed by atoms with Gasteiger partial charge in [-0.3, -0.25) is 9.48 Å². The van der Waals surface area contributed by atoms with Crippen LogP contribution in [0.25, 0.3) is 0 Å². The van der Waals surface area contributed by atoms with Crippen LogP contribution in [0, 0.1) is 5.92 Å². The molecule has 2 unspecified atom stereocenters. The first-order valence-electron chi connectivity index (χ1n) is 8.11. The molecule has 1 saturated heterocycles. The quantitative estimate of drug-likeness (QED) is 0.906. The summed E-state index contributed by atoms with van der Waals surface area (Å²) in [4.78, 5) is 14.5. The van der Waals surface area contributed by atoms with Gasteiger partial charge in [-0.1, -0.05) is 20.8 Å². The zero-order valence-corrected chi connectivity index (χ0v) is 13.5. The van der Waals surface area contributed by atoms with Crippen molar-refractivity contribution in [3.8, 4) is 0 Å². The summed E-state index contributed by atoms with van der Waals surface area (Å²) in [6.07, 6.45) is 5.23. The summed E-state index contributed by atoms with van der Waals surface area (Å²) in [5.41, 5.74) is 7.51. The fourth-order valence-electron chi connectivity index (χ4n) is 3.16. The number of amides is 1. The monoisotopic (exact) mass is 292 g/mol. The van der Waals surface area contributed by atoms with Crippen molar-refractivity contribution in [2.75, 3.05) is 6.54 Å². The van der Waals surface area contributed by atoms with Gasteiger partial charge in [0.15, 0.2) is 0 Å². The number of hydrogen-bond donors (Lipinski definition) is 1. The van der Waals surface area contributed by atoms with E-state index in [0.717, 1.165) is 38.0 Å². The molecule has 1 aromatic heterocycles. The number of aromatic nitrogens is 2. The molecule has 0 bridgehead atoms. The van der Waals surface area contributed by atoms with Gasteiger partial charge in [0.1, 0.15) is 0 Å². The summed E-state index contributed by atoms with van der Waals surface area (Å²) in [7, 11) is 0. The average Bonchev–Trinajstić information content (AvgIpc) is 2.81. The Bertz CT molecular complexity index is 469. The Labute approximate surface area is 127 Å². The predicted molar refractivity (Wildman–Crippen MR) is 83.6 cm³/mol. The third kappa shape index (κ3) is 3.64. The summed E-state index contributed by atoms with van der Waals surface area (Å²) >= 11 is 0. The van der Waals surface area contributed by atoms with Crippen LogP contribution >= 0.6 is 0 Å². The van der Waals surface area contributed by atoms with Crippen molar-refractivity contribution < 1.29 is 4.79 Å². The number of aryl methyl sites for hydroxylation is 1. The van der Waals surface area contributed by atoms with Gasteiger partial charge in [-0.05, 0) is 31.2 Å². The maximum Gasteiger partial charge on any atom is 0.223 e. The lowest BCUT2D eigenvalue weighted by Gasteiger charge is -2.35. The van der Waals surface area contributed by atoms with Gasteiger partial charge in [-0.25, -0.2) is 0 Å². The molecule has 0 aliphatic carbocycles. The molecule has 2 atom stereocenters. The van der Waals surface area contributed by atoms with Crippen molar-refractivity contribution >= 4 is 5.91 Å². The molecule has 1 aliphatic heterocycles. The van der Waals surface area contributed by atoms with Crippen molar-refractivity contribution in [3.63, 3.8) is 0 Å². The Morgan fingerprint density at radius 2 is 2.24 bits per heavy atom. The van der Waals surface area contributed by atoms with E-state index in [2.05, 4.69) is 25.9 Å². The van der Waals surface area contributed by atoms with Crippen LogP contribution < -0.4 is 5.73 Å². The van der Waals surface area contributed by atoms with Gasteiger partial charge in [0.2, 0.25) is 5.91 Å². The topological polar surface area (TPSA) is 64.2 Å². The summed E-state index contributed by atoms with van der Waals surface area (Å²) in [6.45, 7) is 8.05. The van der Waals surface area contributed by atoms with Gasteiger partial charge in [0, 0.05) is 31.7 Å². The maximum absolute atomic E-state index is 12.5. The fraction of sp³-hybridized carbons (Fsp3) is 0.750. The number of likely N-dealkylation sites (tertiary alicyclic amines) is 1. The van der Waals surface area contributed by atoms with Crippen molar-refractivity contribution in [3.05, 3.63) is 18.0 Å². The third-order valence-electron chi connectivity index (χ3n) is 4.04. The third-order valence-corrected chi connectivity index (χ3v) is 4.04. The molecule has 0 saturated carbocycles. The summed E-state index contributed by atoms with van der Waals surface area (Å²) in [6, 6.07) is 1.96. The molecular weight excluding hydrogens is 264 g/mol. The molecule has 0 aromatic carbocycles. The zero-order valence-electron chi connectivity index (χ0n) is 13.5. The molecule has 2 rings (SSSR count). The molecule has 1 fully saturated rings. The van der Waals surface area contributed by atoms with E-state index in [0.29, 0.717) is 12.3 Å². The first-order chi connectivity index (χ1) is 10.0. The van der Waals surface area contributed by atoms with Crippen LogP contribution in [0.5, 0.6) is 0 Å². The molecule has 1 aromatic rings. The van der Waals surface area contributed by atoms with Crippen LogP contribution in [-0.2, 0) is 11.3 Å². The highest BCUT2D eigenvalue weighted by atomic mass is 16.2. The van der Waals surface area contributed by atoms with Gasteiger partial charge in [0.05, 0.1) is 11.7 Å². The molecule has 1 amide bonds. The summed E-state index contributed by atoms with van der Waals surface area (Å²) < 4.78 is 2.01. The summed E-state index contributed by atoms with van der Waals surface area (Å²) in [5.74, 6) is 0.662. The zero-order chi connectivity index (χ0) is 15.4. The van der Waals surface area contributed by atoms with Crippen LogP contribution in [0.2, 0.25) is 0 Å². The lowest BCUT2D eigenvalue weighted by atomic mass is 10.00. The molecule has 1 aliphatic rings. The Morgan fingerprint density at radius 1 is 1.48 bits per heavy atom. The average molecular weight is 292 g/mol. The molecule has 2 heterocycles. The molecule has 5 nitrogen and oxygen atoms in total. The van der Waals surface area contributed by atoms with Gasteiger partial charge < -0.3 is 10.6 Å². The van der Waals surface area contributed by atoms with E-state index in [9.17, 15) is 4.79 Å². The van der Waals surface area contributed by atoms with Gasteiger partial charge in [-0.2, -0.15) is 5.10 Å². The second kappa shape index (κ2) is 7.07. The first-order valence-corrected chi connectivity index (χ1v) is 8.11. The SMILES string of the molecule is CCCn1nccc1C1C(N)CCCC(=O)N1CC(C)C. The van der Waals surface area contributed by atoms with E-state index < -0.39 is 0 Å². The van der Waals surface area contributed by atoms with Crippen LogP contribution in [0.15, 0.2) is 12.3 Å². The van der Waals surface area contributed by atoms with E-state index in [1.807, 2.05) is 21.8 Å². The summed E-state index contributed by atoms with van der Waals surface area (Å²) in [5, 5.41) is 4.41. The lowest BCUT2D eigenvalue weighted by Crippen LogP contribution is -2.44. The molecule has 21 heavy (non-hydrogen) atoms. The highest BCUT2D eigenvalue weighted by Crippen LogP contribution is 2.30. The number of nitrogens with two attached hydrogens (primary N) is 1.